The van der Waals surface area contributed by atoms with Crippen LogP contribution in [0.1, 0.15) is 37.7 Å². The number of carbonyl (C=O) groups excluding carboxylic acids is 1. The topological polar surface area (TPSA) is 26.3 Å². The fraction of sp³-hybridized carbons (Fsp3) is 0.500. The molecule has 6 heteroatoms. The van der Waals surface area contributed by atoms with Gasteiger partial charge in [0.15, 0.2) is 11.6 Å². The van der Waals surface area contributed by atoms with E-state index < -0.39 is 46.5 Å². The lowest BCUT2D eigenvalue weighted by Crippen LogP contribution is -2.24. The van der Waals surface area contributed by atoms with Gasteiger partial charge in [-0.3, -0.25) is 4.79 Å². The molecule has 0 N–H and O–H groups in total. The molecule has 2 nitrogen and oxygen atoms in total. The van der Waals surface area contributed by atoms with Crippen LogP contribution in [0.15, 0.2) is 0 Å². The third-order valence-electron chi connectivity index (χ3n) is 3.58. The highest BCUT2D eigenvalue weighted by molar-refractivity contribution is 5.75. The number of rotatable bonds is 2. The summed E-state index contributed by atoms with van der Waals surface area (Å²) in [6.45, 7) is 0.906. The van der Waals surface area contributed by atoms with Gasteiger partial charge >= 0.3 is 5.97 Å². The lowest BCUT2D eigenvalue weighted by atomic mass is 9.89. The van der Waals surface area contributed by atoms with E-state index in [9.17, 15) is 22.4 Å². The molecule has 0 bridgehead atoms. The van der Waals surface area contributed by atoms with Crippen molar-refractivity contribution in [1.82, 2.24) is 0 Å². The molecule has 20 heavy (non-hydrogen) atoms. The lowest BCUT2D eigenvalue weighted by molar-refractivity contribution is -0.140. The molecule has 0 unspecified atom stereocenters. The number of benzene rings is 1. The largest absolute Gasteiger partial charge is 0.420 e. The van der Waals surface area contributed by atoms with Crippen molar-refractivity contribution in [3.05, 3.63) is 28.8 Å². The first-order valence-corrected chi connectivity index (χ1v) is 6.47. The first kappa shape index (κ1) is 14.8. The smallest absolute Gasteiger partial charge is 0.314 e. The Bertz CT molecular complexity index is 507. The van der Waals surface area contributed by atoms with Crippen molar-refractivity contribution in [2.75, 3.05) is 0 Å². The maximum Gasteiger partial charge on any atom is 0.314 e. The molecule has 0 radical (unpaired) electrons. The van der Waals surface area contributed by atoms with Gasteiger partial charge in [-0.2, -0.15) is 8.78 Å². The standard InChI is InChI=1S/C14H14F4O2/c1-7-9(15)11(17)13(12(18)10(7)16)20-14(19)8-5-3-2-4-6-8/h8H,2-6H2,1H3. The first-order valence-electron chi connectivity index (χ1n) is 6.47. The molecule has 2 rings (SSSR count). The predicted octanol–water partition coefficient (Wildman–Crippen LogP) is 4.04. The van der Waals surface area contributed by atoms with Crippen molar-refractivity contribution in [1.29, 1.82) is 0 Å². The van der Waals surface area contributed by atoms with Crippen LogP contribution >= 0.6 is 0 Å². The highest BCUT2D eigenvalue weighted by Crippen LogP contribution is 2.31. The molecule has 0 spiro atoms. The van der Waals surface area contributed by atoms with E-state index in [1.807, 2.05) is 0 Å². The van der Waals surface area contributed by atoms with E-state index in [-0.39, 0.29) is 0 Å². The Morgan fingerprint density at radius 2 is 1.45 bits per heavy atom. The van der Waals surface area contributed by atoms with E-state index in [1.165, 1.54) is 0 Å². The summed E-state index contributed by atoms with van der Waals surface area (Å²) in [6, 6.07) is 0. The molecule has 110 valence electrons. The number of ether oxygens (including phenoxy) is 1. The summed E-state index contributed by atoms with van der Waals surface area (Å²) in [4.78, 5) is 11.8. The van der Waals surface area contributed by atoms with E-state index in [0.29, 0.717) is 12.8 Å². The van der Waals surface area contributed by atoms with Crippen molar-refractivity contribution in [2.24, 2.45) is 5.92 Å². The van der Waals surface area contributed by atoms with Gasteiger partial charge < -0.3 is 4.74 Å². The number of hydrogen-bond acceptors (Lipinski definition) is 2. The molecule has 0 aliphatic heterocycles. The van der Waals surface area contributed by atoms with Crippen molar-refractivity contribution in [3.8, 4) is 5.75 Å². The third kappa shape index (κ3) is 2.64. The van der Waals surface area contributed by atoms with Gasteiger partial charge in [0.25, 0.3) is 0 Å². The van der Waals surface area contributed by atoms with Gasteiger partial charge in [-0.15, -0.1) is 0 Å². The summed E-state index contributed by atoms with van der Waals surface area (Å²) in [6.07, 6.45) is 3.74. The van der Waals surface area contributed by atoms with Gasteiger partial charge in [0, 0.05) is 5.56 Å². The van der Waals surface area contributed by atoms with Crippen LogP contribution in [0.5, 0.6) is 5.75 Å². The fourth-order valence-electron chi connectivity index (χ4n) is 2.33. The third-order valence-corrected chi connectivity index (χ3v) is 3.58. The quantitative estimate of drug-likeness (QED) is 0.356. The molecule has 1 aromatic rings. The fourth-order valence-corrected chi connectivity index (χ4v) is 2.33. The second-order valence-corrected chi connectivity index (χ2v) is 4.97. The summed E-state index contributed by atoms with van der Waals surface area (Å²) in [7, 11) is 0. The molecule has 1 saturated carbocycles. The van der Waals surface area contributed by atoms with Crippen LogP contribution in [0.3, 0.4) is 0 Å². The second-order valence-electron chi connectivity index (χ2n) is 4.97. The number of esters is 1. The summed E-state index contributed by atoms with van der Waals surface area (Å²) in [5, 5.41) is 0. The Kier molecular flexibility index (Phi) is 4.30. The average Bonchev–Trinajstić information content (AvgIpc) is 2.48. The van der Waals surface area contributed by atoms with Crippen LogP contribution < -0.4 is 4.74 Å². The molecule has 0 amide bonds. The Labute approximate surface area is 113 Å². The van der Waals surface area contributed by atoms with Crippen LogP contribution in [0.25, 0.3) is 0 Å². The van der Waals surface area contributed by atoms with Crippen molar-refractivity contribution in [3.63, 3.8) is 0 Å². The minimum atomic E-state index is -1.68. The number of hydrogen-bond donors (Lipinski definition) is 0. The molecule has 1 fully saturated rings. The van der Waals surface area contributed by atoms with Crippen molar-refractivity contribution < 1.29 is 27.1 Å². The zero-order chi connectivity index (χ0) is 14.9. The highest BCUT2D eigenvalue weighted by atomic mass is 19.2. The van der Waals surface area contributed by atoms with Crippen molar-refractivity contribution >= 4 is 5.97 Å². The zero-order valence-electron chi connectivity index (χ0n) is 10.9. The Hall–Kier alpha value is -1.59. The minimum Gasteiger partial charge on any atom is -0.420 e. The van der Waals surface area contributed by atoms with Gasteiger partial charge in [0.2, 0.25) is 17.4 Å². The average molecular weight is 290 g/mol. The Morgan fingerprint density at radius 3 is 1.95 bits per heavy atom. The first-order chi connectivity index (χ1) is 9.43. The minimum absolute atomic E-state index is 0.477. The van der Waals surface area contributed by atoms with E-state index >= 15 is 0 Å². The van der Waals surface area contributed by atoms with Gasteiger partial charge in [-0.25, -0.2) is 8.78 Å². The molecule has 0 heterocycles. The van der Waals surface area contributed by atoms with E-state index in [2.05, 4.69) is 4.74 Å². The lowest BCUT2D eigenvalue weighted by Gasteiger charge is -2.20. The molecule has 0 saturated heterocycles. The Morgan fingerprint density at radius 1 is 0.950 bits per heavy atom. The summed E-state index contributed by atoms with van der Waals surface area (Å²) in [5.41, 5.74) is -0.780. The van der Waals surface area contributed by atoms with Gasteiger partial charge in [0.1, 0.15) is 0 Å². The SMILES string of the molecule is Cc1c(F)c(F)c(OC(=O)C2CCCCC2)c(F)c1F. The maximum absolute atomic E-state index is 13.6. The highest BCUT2D eigenvalue weighted by Gasteiger charge is 2.29. The van der Waals surface area contributed by atoms with E-state index in [0.717, 1.165) is 26.2 Å². The van der Waals surface area contributed by atoms with Crippen LogP contribution in [0.4, 0.5) is 17.6 Å². The molecule has 1 aliphatic rings. The zero-order valence-corrected chi connectivity index (χ0v) is 10.9. The summed E-state index contributed by atoms with van der Waals surface area (Å²) >= 11 is 0. The molecular formula is C14H14F4O2. The van der Waals surface area contributed by atoms with Crippen LogP contribution in [-0.4, -0.2) is 5.97 Å². The second kappa shape index (κ2) is 5.81. The summed E-state index contributed by atoms with van der Waals surface area (Å²) < 4.78 is 58.4. The normalized spacial score (nSPS) is 16.2. The maximum atomic E-state index is 13.6. The van der Waals surface area contributed by atoms with Crippen LogP contribution in [0.2, 0.25) is 0 Å². The molecule has 1 aliphatic carbocycles. The van der Waals surface area contributed by atoms with Crippen LogP contribution in [-0.2, 0) is 4.79 Å². The van der Waals surface area contributed by atoms with Gasteiger partial charge in [0.05, 0.1) is 5.92 Å². The van der Waals surface area contributed by atoms with Gasteiger partial charge in [-0.1, -0.05) is 19.3 Å². The van der Waals surface area contributed by atoms with Crippen molar-refractivity contribution in [2.45, 2.75) is 39.0 Å². The molecule has 1 aromatic carbocycles. The summed E-state index contributed by atoms with van der Waals surface area (Å²) in [5.74, 6) is -9.05. The molecule has 0 aromatic heterocycles. The Balaban J connectivity index is 2.27. The molecular weight excluding hydrogens is 276 g/mol. The van der Waals surface area contributed by atoms with E-state index in [4.69, 9.17) is 0 Å². The van der Waals surface area contributed by atoms with E-state index in [1.54, 1.807) is 0 Å². The predicted molar refractivity (Wildman–Crippen MR) is 63.2 cm³/mol. The number of halogens is 4. The molecule has 0 atom stereocenters. The monoisotopic (exact) mass is 290 g/mol. The van der Waals surface area contributed by atoms with Crippen LogP contribution in [0, 0.1) is 36.1 Å². The van der Waals surface area contributed by atoms with Gasteiger partial charge in [-0.05, 0) is 19.8 Å². The number of carbonyl (C=O) groups is 1.